The first-order valence-corrected chi connectivity index (χ1v) is 17.9. The van der Waals surface area contributed by atoms with Crippen LogP contribution in [0.1, 0.15) is 94.3 Å². The van der Waals surface area contributed by atoms with Gasteiger partial charge in [0.05, 0.1) is 35.4 Å². The van der Waals surface area contributed by atoms with Crippen molar-refractivity contribution >= 4 is 43.5 Å². The Bertz CT molecular complexity index is 1860. The fraction of sp³-hybridized carbons (Fsp3) is 0.429. The van der Waals surface area contributed by atoms with Gasteiger partial charge in [-0.05, 0) is 103 Å². The zero-order valence-corrected chi connectivity index (χ0v) is 30.7. The molecule has 0 atom stereocenters. The predicted molar refractivity (Wildman–Crippen MR) is 180 cm³/mol. The number of anilines is 1. The zero-order valence-electron chi connectivity index (χ0n) is 28.3. The van der Waals surface area contributed by atoms with Crippen LogP contribution < -0.4 is 14.4 Å². The maximum Gasteiger partial charge on any atom is 0.338 e. The highest BCUT2D eigenvalue weighted by Gasteiger charge is 2.34. The number of ether oxygens (including phenoxy) is 2. The fourth-order valence-corrected chi connectivity index (χ4v) is 7.10. The summed E-state index contributed by atoms with van der Waals surface area (Å²) in [6.07, 6.45) is 2.05. The zero-order chi connectivity index (χ0) is 36.6. The monoisotopic (exact) mass is 770 g/mol. The van der Waals surface area contributed by atoms with Gasteiger partial charge in [0.2, 0.25) is 15.9 Å². The molecule has 0 unspecified atom stereocenters. The maximum absolute atomic E-state index is 14.6. The van der Waals surface area contributed by atoms with Crippen LogP contribution in [0.25, 0.3) is 0 Å². The number of nitrogens with zero attached hydrogens (tertiary/aromatic N) is 1. The first kappa shape index (κ1) is 38.3. The number of nitrogens with one attached hydrogen (secondary N) is 1. The van der Waals surface area contributed by atoms with E-state index in [-0.39, 0.29) is 35.6 Å². The molecule has 3 aromatic carbocycles. The van der Waals surface area contributed by atoms with Crippen LogP contribution in [0, 0.1) is 23.3 Å². The van der Waals surface area contributed by atoms with E-state index in [9.17, 15) is 35.6 Å². The van der Waals surface area contributed by atoms with Crippen LogP contribution in [0.5, 0.6) is 5.75 Å². The number of rotatable bonds is 11. The van der Waals surface area contributed by atoms with Crippen LogP contribution in [0.3, 0.4) is 0 Å². The molecule has 0 radical (unpaired) electrons. The number of benzene rings is 3. The Balaban J connectivity index is 1.79. The summed E-state index contributed by atoms with van der Waals surface area (Å²) in [5.41, 5.74) is 2.13. The summed E-state index contributed by atoms with van der Waals surface area (Å²) in [5, 5.41) is 0. The summed E-state index contributed by atoms with van der Waals surface area (Å²) < 4.78 is 94.9. The summed E-state index contributed by atoms with van der Waals surface area (Å²) in [6, 6.07) is 10.4. The Kier molecular flexibility index (Phi) is 11.3. The topological polar surface area (TPSA) is 102 Å². The van der Waals surface area contributed by atoms with Gasteiger partial charge in [0.25, 0.3) is 0 Å². The quantitative estimate of drug-likeness (QED) is 0.0917. The van der Waals surface area contributed by atoms with Gasteiger partial charge in [0.1, 0.15) is 16.2 Å². The number of esters is 1. The van der Waals surface area contributed by atoms with Gasteiger partial charge in [0.15, 0.2) is 23.3 Å². The van der Waals surface area contributed by atoms with Crippen LogP contribution in [-0.4, -0.2) is 39.0 Å². The lowest BCUT2D eigenvalue weighted by Gasteiger charge is -2.28. The van der Waals surface area contributed by atoms with E-state index < -0.39 is 66.7 Å². The van der Waals surface area contributed by atoms with Gasteiger partial charge < -0.3 is 14.4 Å². The molecular weight excluding hydrogens is 732 g/mol. The van der Waals surface area contributed by atoms with Gasteiger partial charge in [-0.3, -0.25) is 4.79 Å². The Hall–Kier alpha value is -3.49. The largest absolute Gasteiger partial charge is 0.492 e. The van der Waals surface area contributed by atoms with E-state index in [2.05, 4.69) is 42.8 Å². The molecule has 0 bridgehead atoms. The molecule has 0 heterocycles. The molecule has 14 heteroatoms. The number of carbonyl (C=O) groups is 2. The van der Waals surface area contributed by atoms with Gasteiger partial charge in [-0.25, -0.2) is 35.5 Å². The molecule has 1 amide bonds. The van der Waals surface area contributed by atoms with E-state index in [1.54, 1.807) is 27.7 Å². The van der Waals surface area contributed by atoms with Crippen LogP contribution in [0.4, 0.5) is 23.2 Å². The number of carbonyl (C=O) groups excluding carboxylic acids is 2. The van der Waals surface area contributed by atoms with Crippen molar-refractivity contribution in [3.05, 3.63) is 86.4 Å². The molecule has 0 aliphatic heterocycles. The second-order valence-corrected chi connectivity index (χ2v) is 16.3. The molecule has 1 saturated carbocycles. The number of hydrogen-bond acceptors (Lipinski definition) is 6. The summed E-state index contributed by atoms with van der Waals surface area (Å²) in [4.78, 5) is 26.6. The molecule has 1 aliphatic rings. The summed E-state index contributed by atoms with van der Waals surface area (Å²) in [5.74, 6) is -9.65. The lowest BCUT2D eigenvalue weighted by molar-refractivity contribution is -0.117. The van der Waals surface area contributed by atoms with Crippen molar-refractivity contribution in [1.29, 1.82) is 0 Å². The molecule has 49 heavy (non-hydrogen) atoms. The number of sulfonamides is 1. The smallest absolute Gasteiger partial charge is 0.338 e. The highest BCUT2D eigenvalue weighted by Crippen LogP contribution is 2.42. The van der Waals surface area contributed by atoms with Crippen molar-refractivity contribution in [3.8, 4) is 5.75 Å². The van der Waals surface area contributed by atoms with Crippen molar-refractivity contribution in [2.24, 2.45) is 0 Å². The summed E-state index contributed by atoms with van der Waals surface area (Å²) in [7, 11) is -5.12. The van der Waals surface area contributed by atoms with Gasteiger partial charge in [0, 0.05) is 0 Å². The Morgan fingerprint density at radius 3 is 2.14 bits per heavy atom. The highest BCUT2D eigenvalue weighted by atomic mass is 79.9. The van der Waals surface area contributed by atoms with Crippen molar-refractivity contribution in [2.45, 2.75) is 89.7 Å². The SMILES string of the molecule is CCOc1cc(C(=O)OC(C)(C)C)ccc1N(Cc1cc(C2CC2)cc(C(C)(C)C)c1)C(=O)CNS(=O)(=O)c1c(F)c(F)c(F)c(F)c1Br. The normalized spacial score (nSPS) is 13.7. The first-order valence-electron chi connectivity index (χ1n) is 15.6. The van der Waals surface area contributed by atoms with E-state index >= 15 is 0 Å². The Labute approximate surface area is 292 Å². The minimum atomic E-state index is -5.12. The van der Waals surface area contributed by atoms with Crippen LogP contribution >= 0.6 is 15.9 Å². The van der Waals surface area contributed by atoms with Gasteiger partial charge in [-0.2, -0.15) is 0 Å². The first-order chi connectivity index (χ1) is 22.6. The second kappa shape index (κ2) is 14.4. The average molecular weight is 772 g/mol. The Morgan fingerprint density at radius 2 is 1.57 bits per heavy atom. The molecule has 266 valence electrons. The van der Waals surface area contributed by atoms with Crippen LogP contribution in [-0.2, 0) is 31.5 Å². The maximum atomic E-state index is 14.6. The van der Waals surface area contributed by atoms with Crippen molar-refractivity contribution in [1.82, 2.24) is 4.72 Å². The number of hydrogen-bond donors (Lipinski definition) is 1. The van der Waals surface area contributed by atoms with Crippen molar-refractivity contribution in [2.75, 3.05) is 18.1 Å². The third-order valence-corrected chi connectivity index (χ3v) is 10.1. The summed E-state index contributed by atoms with van der Waals surface area (Å²) in [6.45, 7) is 12.1. The lowest BCUT2D eigenvalue weighted by Crippen LogP contribution is -2.40. The molecule has 1 fully saturated rings. The molecule has 0 saturated heterocycles. The van der Waals surface area contributed by atoms with Gasteiger partial charge in [-0.1, -0.05) is 39.0 Å². The van der Waals surface area contributed by atoms with E-state index in [1.165, 1.54) is 23.1 Å². The van der Waals surface area contributed by atoms with Crippen LogP contribution in [0.2, 0.25) is 0 Å². The molecular formula is C35H39BrF4N2O6S. The third kappa shape index (κ3) is 9.01. The minimum absolute atomic E-state index is 0.0755. The van der Waals surface area contributed by atoms with E-state index in [1.807, 2.05) is 16.9 Å². The molecule has 3 aromatic rings. The van der Waals surface area contributed by atoms with E-state index in [4.69, 9.17) is 9.47 Å². The molecule has 1 aliphatic carbocycles. The molecule has 1 N–H and O–H groups in total. The molecule has 4 rings (SSSR count). The fourth-order valence-electron chi connectivity index (χ4n) is 5.00. The standard InChI is InChI=1S/C35H39BrF4N2O6S/c1-8-47-25-16-21(33(44)48-35(5,6)7)11-12-24(25)42(18-19-13-22(20-9-10-20)15-23(14-19)34(2,3)4)26(43)17-41-49(45,46)32-27(36)28(37)29(38)30(39)31(32)40/h11-16,20,41H,8-10,17-18H2,1-7H3. The third-order valence-electron chi connectivity index (χ3n) is 7.61. The molecule has 0 aromatic heterocycles. The van der Waals surface area contributed by atoms with Crippen molar-refractivity contribution in [3.63, 3.8) is 0 Å². The van der Waals surface area contributed by atoms with Gasteiger partial charge >= 0.3 is 5.97 Å². The molecule has 0 spiro atoms. The lowest BCUT2D eigenvalue weighted by atomic mass is 9.84. The van der Waals surface area contributed by atoms with E-state index in [0.717, 1.165) is 29.5 Å². The Morgan fingerprint density at radius 1 is 0.939 bits per heavy atom. The summed E-state index contributed by atoms with van der Waals surface area (Å²) >= 11 is 2.49. The molecule has 8 nitrogen and oxygen atoms in total. The number of amides is 1. The highest BCUT2D eigenvalue weighted by molar-refractivity contribution is 9.10. The average Bonchev–Trinajstić information content (AvgIpc) is 3.85. The minimum Gasteiger partial charge on any atom is -0.492 e. The predicted octanol–water partition coefficient (Wildman–Crippen LogP) is 8.05. The van der Waals surface area contributed by atoms with E-state index in [0.29, 0.717) is 5.92 Å². The van der Waals surface area contributed by atoms with Gasteiger partial charge in [-0.15, -0.1) is 0 Å². The van der Waals surface area contributed by atoms with Crippen LogP contribution in [0.15, 0.2) is 45.8 Å². The number of halogens is 5. The second-order valence-electron chi connectivity index (χ2n) is 13.8. The van der Waals surface area contributed by atoms with Crippen molar-refractivity contribution < 1.29 is 45.0 Å².